The molecule has 0 saturated heterocycles. The summed E-state index contributed by atoms with van der Waals surface area (Å²) in [6.45, 7) is 2.19. The van der Waals surface area contributed by atoms with Crippen molar-refractivity contribution in [2.45, 2.75) is 6.92 Å². The van der Waals surface area contributed by atoms with Gasteiger partial charge >= 0.3 is 5.69 Å². The molecule has 2 aromatic carbocycles. The average molecular weight is 304 g/mol. The van der Waals surface area contributed by atoms with Crippen LogP contribution in [0.25, 0.3) is 0 Å². The zero-order valence-corrected chi connectivity index (χ0v) is 11.7. The van der Waals surface area contributed by atoms with Gasteiger partial charge in [-0.05, 0) is 31.2 Å². The second kappa shape index (κ2) is 6.66. The Bertz CT molecular complexity index is 731. The summed E-state index contributed by atoms with van der Waals surface area (Å²) in [4.78, 5) is 13.9. The number of para-hydroxylation sites is 1. The molecule has 0 atom stereocenters. The van der Waals surface area contributed by atoms with Crippen molar-refractivity contribution in [1.82, 2.24) is 0 Å². The van der Waals surface area contributed by atoms with Crippen LogP contribution >= 0.6 is 0 Å². The van der Waals surface area contributed by atoms with E-state index in [1.807, 2.05) is 0 Å². The normalized spacial score (nSPS) is 10.8. The van der Waals surface area contributed by atoms with E-state index in [-0.39, 0.29) is 11.4 Å². The standard InChI is InChI=1S/C15H13FN2O4/c1-2-22-14-5-3-4-10(15(14)19)9-17-11-6-7-12(16)13(8-11)18(20)21/h3-9,19H,2H2,1H3. The van der Waals surface area contributed by atoms with E-state index >= 15 is 0 Å². The fourth-order valence-electron chi connectivity index (χ4n) is 1.78. The number of nitro groups is 1. The van der Waals surface area contributed by atoms with Crippen molar-refractivity contribution in [2.75, 3.05) is 6.61 Å². The summed E-state index contributed by atoms with van der Waals surface area (Å²) >= 11 is 0. The number of hydrogen-bond donors (Lipinski definition) is 1. The molecule has 22 heavy (non-hydrogen) atoms. The highest BCUT2D eigenvalue weighted by molar-refractivity contribution is 5.86. The van der Waals surface area contributed by atoms with E-state index in [1.54, 1.807) is 25.1 Å². The lowest BCUT2D eigenvalue weighted by molar-refractivity contribution is -0.387. The molecule has 0 aliphatic carbocycles. The molecular formula is C15H13FN2O4. The summed E-state index contributed by atoms with van der Waals surface area (Å²) < 4.78 is 18.5. The van der Waals surface area contributed by atoms with Crippen LogP contribution in [0.1, 0.15) is 12.5 Å². The van der Waals surface area contributed by atoms with Gasteiger partial charge in [0, 0.05) is 17.8 Å². The average Bonchev–Trinajstić information content (AvgIpc) is 2.49. The molecule has 0 aliphatic heterocycles. The number of benzene rings is 2. The zero-order chi connectivity index (χ0) is 16.1. The third-order valence-electron chi connectivity index (χ3n) is 2.81. The highest BCUT2D eigenvalue weighted by atomic mass is 19.1. The van der Waals surface area contributed by atoms with E-state index < -0.39 is 16.4 Å². The third-order valence-corrected chi connectivity index (χ3v) is 2.81. The number of phenols is 1. The van der Waals surface area contributed by atoms with Gasteiger partial charge in [0.15, 0.2) is 11.5 Å². The van der Waals surface area contributed by atoms with Crippen LogP contribution in [0.2, 0.25) is 0 Å². The summed E-state index contributed by atoms with van der Waals surface area (Å²) in [5.41, 5.74) is -0.0609. The van der Waals surface area contributed by atoms with Gasteiger partial charge < -0.3 is 9.84 Å². The topological polar surface area (TPSA) is 85.0 Å². The minimum absolute atomic E-state index is 0.0790. The molecule has 0 amide bonds. The largest absolute Gasteiger partial charge is 0.504 e. The van der Waals surface area contributed by atoms with Gasteiger partial charge in [-0.3, -0.25) is 15.1 Å². The number of halogens is 1. The number of aliphatic imine (C=N–C) groups is 1. The van der Waals surface area contributed by atoms with Crippen molar-refractivity contribution in [3.8, 4) is 11.5 Å². The molecule has 0 unspecified atom stereocenters. The summed E-state index contributed by atoms with van der Waals surface area (Å²) in [6, 6.07) is 8.20. The Hall–Kier alpha value is -2.96. The molecule has 2 rings (SSSR count). The number of hydrogen-bond acceptors (Lipinski definition) is 5. The zero-order valence-electron chi connectivity index (χ0n) is 11.7. The van der Waals surface area contributed by atoms with E-state index in [4.69, 9.17) is 4.74 Å². The van der Waals surface area contributed by atoms with Gasteiger partial charge in [0.2, 0.25) is 5.82 Å². The summed E-state index contributed by atoms with van der Waals surface area (Å²) in [6.07, 6.45) is 1.33. The second-order valence-electron chi connectivity index (χ2n) is 4.28. The van der Waals surface area contributed by atoms with Crippen molar-refractivity contribution < 1.29 is 19.2 Å². The number of phenolic OH excluding ortho intramolecular Hbond substituents is 1. The lowest BCUT2D eigenvalue weighted by atomic mass is 10.2. The van der Waals surface area contributed by atoms with Gasteiger partial charge in [-0.1, -0.05) is 6.07 Å². The van der Waals surface area contributed by atoms with Gasteiger partial charge in [-0.15, -0.1) is 0 Å². The Balaban J connectivity index is 2.31. The molecule has 0 aromatic heterocycles. The predicted molar refractivity (Wildman–Crippen MR) is 79.6 cm³/mol. The fraction of sp³-hybridized carbons (Fsp3) is 0.133. The van der Waals surface area contributed by atoms with Gasteiger partial charge in [0.1, 0.15) is 0 Å². The van der Waals surface area contributed by atoms with Crippen molar-refractivity contribution in [3.63, 3.8) is 0 Å². The van der Waals surface area contributed by atoms with Crippen molar-refractivity contribution in [3.05, 3.63) is 57.9 Å². The fourth-order valence-corrected chi connectivity index (χ4v) is 1.78. The first-order valence-electron chi connectivity index (χ1n) is 6.45. The summed E-state index contributed by atoms with van der Waals surface area (Å²) in [5.74, 6) is -0.689. The van der Waals surface area contributed by atoms with Gasteiger partial charge in [0.05, 0.1) is 17.2 Å². The molecule has 0 spiro atoms. The molecule has 0 fully saturated rings. The highest BCUT2D eigenvalue weighted by Crippen LogP contribution is 2.29. The van der Waals surface area contributed by atoms with E-state index in [0.29, 0.717) is 17.9 Å². The predicted octanol–water partition coefficient (Wildman–Crippen LogP) is 3.59. The number of nitrogens with zero attached hydrogens (tertiary/aromatic N) is 2. The smallest absolute Gasteiger partial charge is 0.306 e. The van der Waals surface area contributed by atoms with E-state index in [9.17, 15) is 19.6 Å². The van der Waals surface area contributed by atoms with Gasteiger partial charge in [-0.2, -0.15) is 4.39 Å². The van der Waals surface area contributed by atoms with Crippen LogP contribution in [0.15, 0.2) is 41.4 Å². The van der Waals surface area contributed by atoms with Crippen LogP contribution in [0.5, 0.6) is 11.5 Å². The first-order valence-corrected chi connectivity index (χ1v) is 6.45. The molecule has 1 N–H and O–H groups in total. The van der Waals surface area contributed by atoms with Gasteiger partial charge in [0.25, 0.3) is 0 Å². The number of aromatic hydroxyl groups is 1. The van der Waals surface area contributed by atoms with E-state index in [0.717, 1.165) is 12.1 Å². The molecule has 2 aromatic rings. The Morgan fingerprint density at radius 1 is 1.41 bits per heavy atom. The second-order valence-corrected chi connectivity index (χ2v) is 4.28. The first kappa shape index (κ1) is 15.4. The monoisotopic (exact) mass is 304 g/mol. The van der Waals surface area contributed by atoms with Gasteiger partial charge in [-0.25, -0.2) is 0 Å². The van der Waals surface area contributed by atoms with E-state index in [1.165, 1.54) is 12.3 Å². The van der Waals surface area contributed by atoms with Crippen LogP contribution in [0.3, 0.4) is 0 Å². The Morgan fingerprint density at radius 2 is 2.18 bits per heavy atom. The number of ether oxygens (including phenoxy) is 1. The summed E-state index contributed by atoms with van der Waals surface area (Å²) in [5, 5.41) is 20.7. The maximum atomic E-state index is 13.2. The van der Waals surface area contributed by atoms with Crippen molar-refractivity contribution in [2.24, 2.45) is 4.99 Å². The first-order chi connectivity index (χ1) is 10.5. The number of nitro benzene ring substituents is 1. The molecule has 6 nitrogen and oxygen atoms in total. The number of rotatable bonds is 5. The Kier molecular flexibility index (Phi) is 4.67. The quantitative estimate of drug-likeness (QED) is 0.519. The van der Waals surface area contributed by atoms with Crippen LogP contribution in [-0.4, -0.2) is 22.9 Å². The van der Waals surface area contributed by atoms with Crippen LogP contribution < -0.4 is 4.74 Å². The Labute approximate surface area is 125 Å². The minimum Gasteiger partial charge on any atom is -0.504 e. The molecule has 0 saturated carbocycles. The molecule has 0 aliphatic rings. The lowest BCUT2D eigenvalue weighted by Gasteiger charge is -2.07. The van der Waals surface area contributed by atoms with E-state index in [2.05, 4.69) is 4.99 Å². The van der Waals surface area contributed by atoms with Crippen molar-refractivity contribution in [1.29, 1.82) is 0 Å². The summed E-state index contributed by atoms with van der Waals surface area (Å²) in [7, 11) is 0. The van der Waals surface area contributed by atoms with Crippen LogP contribution in [-0.2, 0) is 0 Å². The Morgan fingerprint density at radius 3 is 2.86 bits per heavy atom. The van der Waals surface area contributed by atoms with Crippen LogP contribution in [0.4, 0.5) is 15.8 Å². The minimum atomic E-state index is -0.926. The molecular weight excluding hydrogens is 291 g/mol. The SMILES string of the molecule is CCOc1cccc(C=Nc2ccc(F)c([N+](=O)[O-])c2)c1O. The maximum Gasteiger partial charge on any atom is 0.306 e. The highest BCUT2D eigenvalue weighted by Gasteiger charge is 2.14. The molecule has 0 bridgehead atoms. The molecule has 0 heterocycles. The molecule has 114 valence electrons. The van der Waals surface area contributed by atoms with Crippen molar-refractivity contribution >= 4 is 17.6 Å². The van der Waals surface area contributed by atoms with Crippen LogP contribution in [0, 0.1) is 15.9 Å². The lowest BCUT2D eigenvalue weighted by Crippen LogP contribution is -1.94. The maximum absolute atomic E-state index is 13.2. The third kappa shape index (κ3) is 3.38. The molecule has 0 radical (unpaired) electrons. The molecule has 7 heteroatoms.